The van der Waals surface area contributed by atoms with Gasteiger partial charge in [-0.15, -0.1) is 10.2 Å². The molecule has 1 aliphatic heterocycles. The van der Waals surface area contributed by atoms with Crippen molar-refractivity contribution in [3.8, 4) is 0 Å². The molecule has 0 aromatic heterocycles. The maximum absolute atomic E-state index is 5.91. The van der Waals surface area contributed by atoms with Gasteiger partial charge in [-0.25, -0.2) is 0 Å². The molecule has 0 fully saturated rings. The number of rotatable bonds is 1. The zero-order valence-electron chi connectivity index (χ0n) is 5.46. The predicted octanol–water partition coefficient (Wildman–Crippen LogP) is 3.26. The van der Waals surface area contributed by atoms with E-state index in [1.807, 2.05) is 24.3 Å². The number of hydrogen-bond acceptors (Lipinski definition) is 2. The van der Waals surface area contributed by atoms with Gasteiger partial charge in [-0.2, -0.15) is 0 Å². The molecule has 1 heterocycles. The minimum atomic E-state index is -0.792. The zero-order valence-corrected chi connectivity index (χ0v) is 7.80. The van der Waals surface area contributed by atoms with E-state index in [9.17, 15) is 0 Å². The molecule has 2 rings (SSSR count). The van der Waals surface area contributed by atoms with Gasteiger partial charge in [0.1, 0.15) is 0 Å². The Bertz CT molecular complexity index is 318. The molecule has 0 bridgehead atoms. The smallest absolute Gasteiger partial charge is 0.135 e. The topological polar surface area (TPSA) is 24.7 Å². The van der Waals surface area contributed by atoms with Crippen LogP contribution in [0.1, 0.15) is 5.56 Å². The van der Waals surface area contributed by atoms with Crippen LogP contribution in [-0.4, -0.2) is 0 Å². The molecule has 0 saturated carbocycles. The van der Waals surface area contributed by atoms with Gasteiger partial charge in [-0.05, 0) is 6.07 Å². The van der Waals surface area contributed by atoms with Crippen LogP contribution in [0.15, 0.2) is 39.0 Å². The second kappa shape index (κ2) is 2.29. The van der Waals surface area contributed by atoms with Gasteiger partial charge in [0, 0.05) is 10.0 Å². The summed E-state index contributed by atoms with van der Waals surface area (Å²) in [6, 6.07) is 7.66. The first-order valence-corrected chi connectivity index (χ1v) is 4.27. The summed E-state index contributed by atoms with van der Waals surface area (Å²) in [5, 5.41) is 6.66. The van der Waals surface area contributed by atoms with Crippen molar-refractivity contribution in [1.29, 1.82) is 0 Å². The Balaban J connectivity index is 2.45. The molecule has 0 saturated heterocycles. The summed E-state index contributed by atoms with van der Waals surface area (Å²) in [7, 11) is 0. The van der Waals surface area contributed by atoms with Crippen LogP contribution >= 0.6 is 27.5 Å². The highest BCUT2D eigenvalue weighted by atomic mass is 79.9. The Hall–Kier alpha value is -0.410. The Morgan fingerprint density at radius 1 is 1.27 bits per heavy atom. The second-order valence-electron chi connectivity index (χ2n) is 2.27. The molecule has 11 heavy (non-hydrogen) atoms. The lowest BCUT2D eigenvalue weighted by Crippen LogP contribution is -1.98. The van der Waals surface area contributed by atoms with E-state index in [1.165, 1.54) is 0 Å². The first kappa shape index (κ1) is 7.25. The maximum Gasteiger partial charge on any atom is 0.290 e. The highest BCUT2D eigenvalue weighted by Gasteiger charge is 2.40. The van der Waals surface area contributed by atoms with Crippen LogP contribution in [0.5, 0.6) is 0 Å². The van der Waals surface area contributed by atoms with Crippen molar-refractivity contribution in [1.82, 2.24) is 0 Å². The number of alkyl halides is 1. The number of benzene rings is 1. The van der Waals surface area contributed by atoms with Crippen LogP contribution in [0.25, 0.3) is 0 Å². The molecule has 0 N–H and O–H groups in total. The normalized spacial score (nSPS) is 18.4. The van der Waals surface area contributed by atoms with Gasteiger partial charge >= 0.3 is 0 Å². The van der Waals surface area contributed by atoms with Crippen molar-refractivity contribution in [3.63, 3.8) is 0 Å². The third kappa shape index (κ3) is 1.19. The summed E-state index contributed by atoms with van der Waals surface area (Å²) >= 11 is 9.28. The van der Waals surface area contributed by atoms with E-state index >= 15 is 0 Å². The predicted molar refractivity (Wildman–Crippen MR) is 46.5 cm³/mol. The first-order valence-electron chi connectivity index (χ1n) is 3.10. The van der Waals surface area contributed by atoms with Gasteiger partial charge in [0.15, 0.2) is 0 Å². The molecule has 0 radical (unpaired) electrons. The molecule has 0 aliphatic carbocycles. The summed E-state index contributed by atoms with van der Waals surface area (Å²) < 4.78 is 0.944. The lowest BCUT2D eigenvalue weighted by Gasteiger charge is -2.03. The minimum Gasteiger partial charge on any atom is -0.135 e. The van der Waals surface area contributed by atoms with E-state index < -0.39 is 5.12 Å². The molecular weight excluding hydrogens is 227 g/mol. The summed E-state index contributed by atoms with van der Waals surface area (Å²) in [6.07, 6.45) is 0. The SMILES string of the molecule is ClC1(c2ccccc2Br)N=N1. The molecule has 0 atom stereocenters. The van der Waals surface area contributed by atoms with E-state index in [-0.39, 0.29) is 0 Å². The van der Waals surface area contributed by atoms with Crippen LogP contribution in [0.2, 0.25) is 0 Å². The van der Waals surface area contributed by atoms with Crippen molar-refractivity contribution in [2.24, 2.45) is 10.2 Å². The van der Waals surface area contributed by atoms with Gasteiger partial charge in [0.25, 0.3) is 5.12 Å². The van der Waals surface area contributed by atoms with Crippen molar-refractivity contribution in [2.45, 2.75) is 5.12 Å². The Labute approximate surface area is 77.4 Å². The van der Waals surface area contributed by atoms with Gasteiger partial charge in [-0.3, -0.25) is 0 Å². The molecule has 0 unspecified atom stereocenters. The number of hydrogen-bond donors (Lipinski definition) is 0. The number of nitrogens with zero attached hydrogens (tertiary/aromatic N) is 2. The van der Waals surface area contributed by atoms with Crippen molar-refractivity contribution < 1.29 is 0 Å². The van der Waals surface area contributed by atoms with Crippen LogP contribution < -0.4 is 0 Å². The van der Waals surface area contributed by atoms with E-state index in [0.717, 1.165) is 10.0 Å². The Morgan fingerprint density at radius 3 is 2.45 bits per heavy atom. The zero-order chi connectivity index (χ0) is 7.90. The fourth-order valence-electron chi connectivity index (χ4n) is 0.871. The Kier molecular flexibility index (Phi) is 1.51. The third-order valence-corrected chi connectivity index (χ3v) is 2.54. The fourth-order valence-corrected chi connectivity index (χ4v) is 1.75. The minimum absolute atomic E-state index is 0.792. The highest BCUT2D eigenvalue weighted by molar-refractivity contribution is 9.10. The lowest BCUT2D eigenvalue weighted by molar-refractivity contribution is 0.933. The lowest BCUT2D eigenvalue weighted by atomic mass is 10.2. The highest BCUT2D eigenvalue weighted by Crippen LogP contribution is 2.46. The standard InChI is InChI=1S/C7H4BrClN2/c8-6-4-2-1-3-5(6)7(9)10-11-7/h1-4H. The molecule has 0 spiro atoms. The maximum atomic E-state index is 5.91. The van der Waals surface area contributed by atoms with Gasteiger partial charge in [-0.1, -0.05) is 45.7 Å². The molecule has 4 heteroatoms. The van der Waals surface area contributed by atoms with E-state index in [1.54, 1.807) is 0 Å². The molecule has 1 aromatic rings. The van der Waals surface area contributed by atoms with Gasteiger partial charge in [0.2, 0.25) is 0 Å². The molecule has 2 nitrogen and oxygen atoms in total. The monoisotopic (exact) mass is 230 g/mol. The van der Waals surface area contributed by atoms with E-state index in [0.29, 0.717) is 0 Å². The summed E-state index contributed by atoms with van der Waals surface area (Å²) in [6.45, 7) is 0. The van der Waals surface area contributed by atoms with Crippen molar-refractivity contribution in [3.05, 3.63) is 34.3 Å². The average Bonchev–Trinajstić information content (AvgIpc) is 2.70. The largest absolute Gasteiger partial charge is 0.290 e. The second-order valence-corrected chi connectivity index (χ2v) is 3.65. The van der Waals surface area contributed by atoms with Gasteiger partial charge < -0.3 is 0 Å². The van der Waals surface area contributed by atoms with E-state index in [4.69, 9.17) is 11.6 Å². The van der Waals surface area contributed by atoms with Crippen LogP contribution in [0.4, 0.5) is 0 Å². The fraction of sp³-hybridized carbons (Fsp3) is 0.143. The van der Waals surface area contributed by atoms with Crippen LogP contribution in [-0.2, 0) is 5.12 Å². The molecule has 1 aliphatic rings. The molecule has 56 valence electrons. The average molecular weight is 231 g/mol. The first-order chi connectivity index (χ1) is 5.22. The van der Waals surface area contributed by atoms with Crippen LogP contribution in [0, 0.1) is 0 Å². The van der Waals surface area contributed by atoms with Crippen LogP contribution in [0.3, 0.4) is 0 Å². The van der Waals surface area contributed by atoms with E-state index in [2.05, 4.69) is 26.2 Å². The Morgan fingerprint density at radius 2 is 1.91 bits per heavy atom. The van der Waals surface area contributed by atoms with Crippen molar-refractivity contribution >= 4 is 27.5 Å². The van der Waals surface area contributed by atoms with Gasteiger partial charge in [0.05, 0.1) is 0 Å². The third-order valence-electron chi connectivity index (χ3n) is 1.49. The quantitative estimate of drug-likeness (QED) is 0.523. The molecule has 1 aromatic carbocycles. The summed E-state index contributed by atoms with van der Waals surface area (Å²) in [4.78, 5) is 0. The molecular formula is C7H4BrClN2. The molecule has 0 amide bonds. The summed E-state index contributed by atoms with van der Waals surface area (Å²) in [5.41, 5.74) is 0.904. The number of halogens is 2. The summed E-state index contributed by atoms with van der Waals surface area (Å²) in [5.74, 6) is 0. The van der Waals surface area contributed by atoms with Crippen molar-refractivity contribution in [2.75, 3.05) is 0 Å².